The maximum Gasteiger partial charge on any atom is 0.173 e. The Balaban J connectivity index is 1.96. The summed E-state index contributed by atoms with van der Waals surface area (Å²) in [4.78, 5) is 12.7. The molecule has 0 unspecified atom stereocenters. The van der Waals surface area contributed by atoms with Crippen molar-refractivity contribution in [1.82, 2.24) is 0 Å². The summed E-state index contributed by atoms with van der Waals surface area (Å²) in [5.74, 6) is 0.937. The Bertz CT molecular complexity index is 598. The monoisotopic (exact) mass is 252 g/mol. The molecule has 2 nitrogen and oxygen atoms in total. The number of rotatable bonds is 4. The minimum Gasteiger partial charge on any atom is -0.497 e. The van der Waals surface area contributed by atoms with Crippen LogP contribution in [0, 0.1) is 0 Å². The van der Waals surface area contributed by atoms with Crippen LogP contribution in [0.5, 0.6) is 5.75 Å². The zero-order valence-corrected chi connectivity index (χ0v) is 10.9. The summed E-state index contributed by atoms with van der Waals surface area (Å²) in [7, 11) is 1.62. The molecule has 2 heteroatoms. The fraction of sp³-hybridized carbons (Fsp3) is 0.235. The van der Waals surface area contributed by atoms with E-state index in [4.69, 9.17) is 4.74 Å². The van der Waals surface area contributed by atoms with Crippen molar-refractivity contribution >= 4 is 5.78 Å². The quantitative estimate of drug-likeness (QED) is 0.777. The lowest BCUT2D eigenvalue weighted by atomic mass is 9.87. The first-order chi connectivity index (χ1) is 9.26. The average Bonchev–Trinajstić information content (AvgIpc) is 3.29. The van der Waals surface area contributed by atoms with E-state index < -0.39 is 0 Å². The third-order valence-electron chi connectivity index (χ3n) is 3.84. The summed E-state index contributed by atoms with van der Waals surface area (Å²) in [5.41, 5.74) is 1.57. The van der Waals surface area contributed by atoms with Gasteiger partial charge in [0.25, 0.3) is 0 Å². The van der Waals surface area contributed by atoms with Crippen LogP contribution in [0.4, 0.5) is 0 Å². The first-order valence-corrected chi connectivity index (χ1v) is 6.51. The van der Waals surface area contributed by atoms with E-state index in [9.17, 15) is 4.79 Å². The van der Waals surface area contributed by atoms with Gasteiger partial charge in [-0.1, -0.05) is 42.5 Å². The predicted octanol–water partition coefficient (Wildman–Crippen LogP) is 3.61. The van der Waals surface area contributed by atoms with Gasteiger partial charge in [0.1, 0.15) is 5.75 Å². The molecule has 0 aliphatic heterocycles. The molecule has 0 saturated heterocycles. The van der Waals surface area contributed by atoms with Gasteiger partial charge in [-0.3, -0.25) is 4.79 Å². The lowest BCUT2D eigenvalue weighted by Gasteiger charge is -2.15. The highest BCUT2D eigenvalue weighted by molar-refractivity contribution is 6.06. The van der Waals surface area contributed by atoms with Crippen molar-refractivity contribution in [3.05, 3.63) is 65.7 Å². The van der Waals surface area contributed by atoms with Crippen LogP contribution in [0.2, 0.25) is 0 Å². The Hall–Kier alpha value is -2.09. The SMILES string of the molecule is COc1cccc(C(=O)C2(c3ccccc3)CC2)c1. The van der Waals surface area contributed by atoms with Crippen LogP contribution in [0.3, 0.4) is 0 Å². The summed E-state index contributed by atoms with van der Waals surface area (Å²) < 4.78 is 5.19. The first kappa shape index (κ1) is 12.0. The second-order valence-electron chi connectivity index (χ2n) is 5.01. The van der Waals surface area contributed by atoms with Gasteiger partial charge in [0, 0.05) is 5.56 Å². The first-order valence-electron chi connectivity index (χ1n) is 6.51. The van der Waals surface area contributed by atoms with Gasteiger partial charge in [-0.2, -0.15) is 0 Å². The Morgan fingerprint density at radius 2 is 1.79 bits per heavy atom. The molecule has 1 fully saturated rings. The molecular weight excluding hydrogens is 236 g/mol. The molecule has 1 aliphatic carbocycles. The third-order valence-corrected chi connectivity index (χ3v) is 3.84. The van der Waals surface area contributed by atoms with Gasteiger partial charge in [0.05, 0.1) is 12.5 Å². The number of carbonyl (C=O) groups excluding carboxylic acids is 1. The molecule has 19 heavy (non-hydrogen) atoms. The number of carbonyl (C=O) groups is 1. The van der Waals surface area contributed by atoms with Gasteiger partial charge in [-0.15, -0.1) is 0 Å². The smallest absolute Gasteiger partial charge is 0.173 e. The number of ketones is 1. The van der Waals surface area contributed by atoms with Gasteiger partial charge in [-0.05, 0) is 30.5 Å². The fourth-order valence-electron chi connectivity index (χ4n) is 2.57. The van der Waals surface area contributed by atoms with Gasteiger partial charge in [0.2, 0.25) is 0 Å². The lowest BCUT2D eigenvalue weighted by Crippen LogP contribution is -2.20. The van der Waals surface area contributed by atoms with Crippen molar-refractivity contribution in [3.8, 4) is 5.75 Å². The molecule has 1 saturated carbocycles. The molecule has 0 spiro atoms. The molecule has 0 amide bonds. The molecule has 0 atom stereocenters. The van der Waals surface area contributed by atoms with E-state index in [0.29, 0.717) is 0 Å². The normalized spacial score (nSPS) is 15.8. The maximum absolute atomic E-state index is 12.7. The van der Waals surface area contributed by atoms with E-state index in [2.05, 4.69) is 0 Å². The third kappa shape index (κ3) is 2.03. The molecule has 0 aromatic heterocycles. The van der Waals surface area contributed by atoms with E-state index in [1.54, 1.807) is 7.11 Å². The van der Waals surface area contributed by atoms with Crippen LogP contribution in [-0.2, 0) is 5.41 Å². The molecule has 0 radical (unpaired) electrons. The van der Waals surface area contributed by atoms with E-state index in [0.717, 1.165) is 29.7 Å². The number of benzene rings is 2. The number of hydrogen-bond acceptors (Lipinski definition) is 2. The van der Waals surface area contributed by atoms with Crippen LogP contribution >= 0.6 is 0 Å². The lowest BCUT2D eigenvalue weighted by molar-refractivity contribution is 0.0945. The molecular formula is C17H16O2. The number of ether oxygens (including phenoxy) is 1. The molecule has 0 heterocycles. The Morgan fingerprint density at radius 3 is 2.42 bits per heavy atom. The van der Waals surface area contributed by atoms with Crippen LogP contribution in [-0.4, -0.2) is 12.9 Å². The zero-order valence-electron chi connectivity index (χ0n) is 10.9. The summed E-state index contributed by atoms with van der Waals surface area (Å²) in [5, 5.41) is 0. The van der Waals surface area contributed by atoms with Gasteiger partial charge in [0.15, 0.2) is 5.78 Å². The van der Waals surface area contributed by atoms with E-state index in [1.165, 1.54) is 0 Å². The highest BCUT2D eigenvalue weighted by atomic mass is 16.5. The van der Waals surface area contributed by atoms with E-state index in [-0.39, 0.29) is 11.2 Å². The van der Waals surface area contributed by atoms with Crippen molar-refractivity contribution in [2.45, 2.75) is 18.3 Å². The van der Waals surface area contributed by atoms with Crippen molar-refractivity contribution in [1.29, 1.82) is 0 Å². The van der Waals surface area contributed by atoms with E-state index >= 15 is 0 Å². The standard InChI is InChI=1S/C17H16O2/c1-19-15-9-5-6-13(12-15)16(18)17(10-11-17)14-7-3-2-4-8-14/h2-9,12H,10-11H2,1H3. The van der Waals surface area contributed by atoms with Crippen LogP contribution in [0.1, 0.15) is 28.8 Å². The summed E-state index contributed by atoms with van der Waals surface area (Å²) in [6.45, 7) is 0. The van der Waals surface area contributed by atoms with Crippen molar-refractivity contribution < 1.29 is 9.53 Å². The molecule has 2 aromatic carbocycles. The summed E-state index contributed by atoms with van der Waals surface area (Å²) >= 11 is 0. The van der Waals surface area contributed by atoms with Gasteiger partial charge < -0.3 is 4.74 Å². The fourth-order valence-corrected chi connectivity index (χ4v) is 2.57. The Morgan fingerprint density at radius 1 is 1.05 bits per heavy atom. The van der Waals surface area contributed by atoms with Crippen molar-refractivity contribution in [2.24, 2.45) is 0 Å². The second-order valence-corrected chi connectivity index (χ2v) is 5.01. The van der Waals surface area contributed by atoms with Crippen molar-refractivity contribution in [3.63, 3.8) is 0 Å². The molecule has 0 N–H and O–H groups in total. The topological polar surface area (TPSA) is 26.3 Å². The number of hydrogen-bond donors (Lipinski definition) is 0. The highest BCUT2D eigenvalue weighted by Gasteiger charge is 2.51. The second kappa shape index (κ2) is 4.54. The molecule has 3 rings (SSSR count). The van der Waals surface area contributed by atoms with Crippen molar-refractivity contribution in [2.75, 3.05) is 7.11 Å². The minimum atomic E-state index is -0.298. The van der Waals surface area contributed by atoms with Gasteiger partial charge >= 0.3 is 0 Å². The number of Topliss-reactive ketones (excluding diaryl/α,β-unsaturated/α-hetero) is 1. The number of methoxy groups -OCH3 is 1. The predicted molar refractivity (Wildman–Crippen MR) is 74.7 cm³/mol. The van der Waals surface area contributed by atoms with E-state index in [1.807, 2.05) is 54.6 Å². The molecule has 2 aromatic rings. The molecule has 96 valence electrons. The largest absolute Gasteiger partial charge is 0.497 e. The zero-order chi connectivity index (χ0) is 13.3. The minimum absolute atomic E-state index is 0.206. The maximum atomic E-state index is 12.7. The molecule has 0 bridgehead atoms. The Kier molecular flexibility index (Phi) is 2.86. The Labute approximate surface area is 113 Å². The van der Waals surface area contributed by atoms with Crippen LogP contribution in [0.15, 0.2) is 54.6 Å². The highest BCUT2D eigenvalue weighted by Crippen LogP contribution is 2.50. The van der Waals surface area contributed by atoms with Gasteiger partial charge in [-0.25, -0.2) is 0 Å². The molecule has 1 aliphatic rings. The van der Waals surface area contributed by atoms with Crippen LogP contribution in [0.25, 0.3) is 0 Å². The van der Waals surface area contributed by atoms with Crippen LogP contribution < -0.4 is 4.74 Å². The summed E-state index contributed by atoms with van der Waals surface area (Å²) in [6, 6.07) is 17.5. The summed E-state index contributed by atoms with van der Waals surface area (Å²) in [6.07, 6.45) is 1.88. The average molecular weight is 252 g/mol.